The number of nitrogens with one attached hydrogen (secondary N) is 1. The zero-order valence-electron chi connectivity index (χ0n) is 11.9. The van der Waals surface area contributed by atoms with Crippen molar-refractivity contribution in [2.24, 2.45) is 0 Å². The van der Waals surface area contributed by atoms with Crippen molar-refractivity contribution < 1.29 is 0 Å². The van der Waals surface area contributed by atoms with Crippen LogP contribution in [0.4, 0.5) is 11.5 Å². The molecule has 1 aliphatic carbocycles. The van der Waals surface area contributed by atoms with Crippen LogP contribution in [0.5, 0.6) is 0 Å². The van der Waals surface area contributed by atoms with Gasteiger partial charge in [-0.1, -0.05) is 17.7 Å². The van der Waals surface area contributed by atoms with Crippen LogP contribution in [0.2, 0.25) is 5.02 Å². The minimum Gasteiger partial charge on any atom is -0.339 e. The molecule has 2 aromatic rings. The molecule has 0 atom stereocenters. The number of halogens is 1. The van der Waals surface area contributed by atoms with Crippen LogP contribution < -0.4 is 5.32 Å². The number of rotatable bonds is 2. The molecule has 0 fully saturated rings. The van der Waals surface area contributed by atoms with Gasteiger partial charge in [0.1, 0.15) is 11.9 Å². The Balaban J connectivity index is 1.97. The van der Waals surface area contributed by atoms with E-state index in [1.165, 1.54) is 18.4 Å². The molecule has 0 spiro atoms. The molecule has 0 aliphatic heterocycles. The number of hydrogen-bond acceptors (Lipinski definition) is 3. The molecule has 0 saturated heterocycles. The van der Waals surface area contributed by atoms with Gasteiger partial charge in [0, 0.05) is 16.4 Å². The summed E-state index contributed by atoms with van der Waals surface area (Å²) in [5, 5.41) is 13.3. The molecule has 1 heterocycles. The van der Waals surface area contributed by atoms with Crippen molar-refractivity contribution in [3.63, 3.8) is 0 Å². The molecule has 0 unspecified atom stereocenters. The maximum atomic E-state index is 9.34. The molecule has 21 heavy (non-hydrogen) atoms. The van der Waals surface area contributed by atoms with Gasteiger partial charge in [-0.2, -0.15) is 5.26 Å². The largest absolute Gasteiger partial charge is 0.339 e. The van der Waals surface area contributed by atoms with Gasteiger partial charge < -0.3 is 5.32 Å². The molecule has 1 aliphatic rings. The first-order valence-corrected chi connectivity index (χ1v) is 7.51. The zero-order valence-corrected chi connectivity index (χ0v) is 12.7. The van der Waals surface area contributed by atoms with E-state index in [4.69, 9.17) is 11.6 Å². The number of nitriles is 1. The van der Waals surface area contributed by atoms with Gasteiger partial charge in [-0.15, -0.1) is 0 Å². The maximum absolute atomic E-state index is 9.34. The topological polar surface area (TPSA) is 48.7 Å². The molecule has 0 amide bonds. The molecule has 1 aromatic heterocycles. The first kappa shape index (κ1) is 13.9. The van der Waals surface area contributed by atoms with Crippen LogP contribution in [-0.2, 0) is 12.8 Å². The fraction of sp³-hybridized carbons (Fsp3) is 0.294. The van der Waals surface area contributed by atoms with Crippen molar-refractivity contribution in [2.75, 3.05) is 5.32 Å². The summed E-state index contributed by atoms with van der Waals surface area (Å²) in [7, 11) is 0. The highest BCUT2D eigenvalue weighted by molar-refractivity contribution is 6.31. The lowest BCUT2D eigenvalue weighted by Gasteiger charge is -2.17. The maximum Gasteiger partial charge on any atom is 0.148 e. The lowest BCUT2D eigenvalue weighted by atomic mass is 9.95. The highest BCUT2D eigenvalue weighted by Gasteiger charge is 2.15. The third-order valence-electron chi connectivity index (χ3n) is 3.86. The van der Waals surface area contributed by atoms with E-state index < -0.39 is 0 Å². The molecule has 1 N–H and O–H groups in total. The van der Waals surface area contributed by atoms with Gasteiger partial charge in [-0.3, -0.25) is 0 Å². The Bertz CT molecular complexity index is 732. The SMILES string of the molecule is Cc1ccc(Nc2nc3c(cc2C#N)CCCC3)cc1Cl. The molecule has 0 saturated carbocycles. The highest BCUT2D eigenvalue weighted by Crippen LogP contribution is 2.27. The summed E-state index contributed by atoms with van der Waals surface area (Å²) < 4.78 is 0. The number of aromatic nitrogens is 1. The van der Waals surface area contributed by atoms with Crippen LogP contribution in [0.1, 0.15) is 35.2 Å². The molecule has 1 aromatic carbocycles. The summed E-state index contributed by atoms with van der Waals surface area (Å²) in [6.07, 6.45) is 4.36. The molecule has 0 bridgehead atoms. The molecular weight excluding hydrogens is 282 g/mol. The van der Waals surface area contributed by atoms with Gasteiger partial charge in [-0.05, 0) is 61.9 Å². The van der Waals surface area contributed by atoms with E-state index in [0.717, 1.165) is 29.8 Å². The van der Waals surface area contributed by atoms with Gasteiger partial charge in [0.15, 0.2) is 0 Å². The first-order valence-electron chi connectivity index (χ1n) is 7.13. The van der Waals surface area contributed by atoms with Crippen molar-refractivity contribution in [3.05, 3.63) is 51.7 Å². The minimum absolute atomic E-state index is 0.590. The predicted octanol–water partition coefficient (Wildman–Crippen LogP) is 4.54. The fourth-order valence-electron chi connectivity index (χ4n) is 2.62. The van der Waals surface area contributed by atoms with E-state index in [2.05, 4.69) is 16.4 Å². The summed E-state index contributed by atoms with van der Waals surface area (Å²) in [6, 6.07) is 9.97. The Morgan fingerprint density at radius 1 is 1.24 bits per heavy atom. The van der Waals surface area contributed by atoms with Crippen molar-refractivity contribution in [2.45, 2.75) is 32.6 Å². The number of fused-ring (bicyclic) bond motifs is 1. The van der Waals surface area contributed by atoms with E-state index in [-0.39, 0.29) is 0 Å². The number of pyridine rings is 1. The average Bonchev–Trinajstić information content (AvgIpc) is 2.50. The zero-order chi connectivity index (χ0) is 14.8. The Morgan fingerprint density at radius 2 is 2.05 bits per heavy atom. The second kappa shape index (κ2) is 5.75. The van der Waals surface area contributed by atoms with Crippen molar-refractivity contribution in [3.8, 4) is 6.07 Å². The third kappa shape index (κ3) is 2.86. The van der Waals surface area contributed by atoms with E-state index in [0.29, 0.717) is 16.4 Å². The molecule has 0 radical (unpaired) electrons. The summed E-state index contributed by atoms with van der Waals surface area (Å²) in [6.45, 7) is 1.96. The normalized spacial score (nSPS) is 13.4. The lowest BCUT2D eigenvalue weighted by molar-refractivity contribution is 0.668. The highest BCUT2D eigenvalue weighted by atomic mass is 35.5. The minimum atomic E-state index is 0.590. The van der Waals surface area contributed by atoms with E-state index in [1.54, 1.807) is 0 Å². The molecule has 4 heteroatoms. The van der Waals surface area contributed by atoms with Gasteiger partial charge in [0.05, 0.1) is 5.56 Å². The number of anilines is 2. The summed E-state index contributed by atoms with van der Waals surface area (Å²) in [5.74, 6) is 0.623. The van der Waals surface area contributed by atoms with Crippen molar-refractivity contribution >= 4 is 23.1 Å². The second-order valence-corrected chi connectivity index (χ2v) is 5.81. The Labute approximate surface area is 129 Å². The van der Waals surface area contributed by atoms with Crippen LogP contribution in [-0.4, -0.2) is 4.98 Å². The van der Waals surface area contributed by atoms with E-state index in [1.807, 2.05) is 31.2 Å². The van der Waals surface area contributed by atoms with Crippen LogP contribution >= 0.6 is 11.6 Å². The average molecular weight is 298 g/mol. The van der Waals surface area contributed by atoms with Gasteiger partial charge in [0.2, 0.25) is 0 Å². The number of aryl methyl sites for hydroxylation is 3. The molecule has 3 nitrogen and oxygen atoms in total. The van der Waals surface area contributed by atoms with Crippen LogP contribution in [0.25, 0.3) is 0 Å². The standard InChI is InChI=1S/C17H16ClN3/c1-11-6-7-14(9-15(11)18)20-17-13(10-19)8-12-4-2-3-5-16(12)21-17/h6-9H,2-5H2,1H3,(H,20,21). The van der Waals surface area contributed by atoms with Gasteiger partial charge in [0.25, 0.3) is 0 Å². The quantitative estimate of drug-likeness (QED) is 0.885. The molecule has 3 rings (SSSR count). The van der Waals surface area contributed by atoms with Crippen LogP contribution in [0, 0.1) is 18.3 Å². The Kier molecular flexibility index (Phi) is 3.81. The molecular formula is C17H16ClN3. The number of hydrogen-bond donors (Lipinski definition) is 1. The second-order valence-electron chi connectivity index (χ2n) is 5.40. The van der Waals surface area contributed by atoms with Gasteiger partial charge >= 0.3 is 0 Å². The van der Waals surface area contributed by atoms with Crippen molar-refractivity contribution in [1.29, 1.82) is 5.26 Å². The third-order valence-corrected chi connectivity index (χ3v) is 4.26. The Hall–Kier alpha value is -2.05. The van der Waals surface area contributed by atoms with Gasteiger partial charge in [-0.25, -0.2) is 4.98 Å². The van der Waals surface area contributed by atoms with E-state index in [9.17, 15) is 5.26 Å². The fourth-order valence-corrected chi connectivity index (χ4v) is 2.80. The summed E-state index contributed by atoms with van der Waals surface area (Å²) >= 11 is 6.14. The Morgan fingerprint density at radius 3 is 2.81 bits per heavy atom. The first-order chi connectivity index (χ1) is 10.2. The summed E-state index contributed by atoms with van der Waals surface area (Å²) in [4.78, 5) is 4.65. The summed E-state index contributed by atoms with van der Waals surface area (Å²) in [5.41, 5.74) is 4.80. The lowest BCUT2D eigenvalue weighted by Crippen LogP contribution is -2.09. The smallest absolute Gasteiger partial charge is 0.148 e. The predicted molar refractivity (Wildman–Crippen MR) is 85.1 cm³/mol. The van der Waals surface area contributed by atoms with Crippen molar-refractivity contribution in [1.82, 2.24) is 4.98 Å². The number of benzene rings is 1. The van der Waals surface area contributed by atoms with Crippen LogP contribution in [0.15, 0.2) is 24.3 Å². The van der Waals surface area contributed by atoms with Crippen LogP contribution in [0.3, 0.4) is 0 Å². The molecule has 106 valence electrons. The number of nitrogens with zero attached hydrogens (tertiary/aromatic N) is 2. The monoisotopic (exact) mass is 297 g/mol. The van der Waals surface area contributed by atoms with E-state index >= 15 is 0 Å².